The van der Waals surface area contributed by atoms with Crippen molar-refractivity contribution in [3.63, 3.8) is 0 Å². The first-order chi connectivity index (χ1) is 7.90. The Morgan fingerprint density at radius 3 is 2.59 bits per heavy atom. The van der Waals surface area contributed by atoms with E-state index in [1.165, 1.54) is 0 Å². The average Bonchev–Trinajstić information content (AvgIpc) is 2.38. The van der Waals surface area contributed by atoms with Crippen LogP contribution in [0.5, 0.6) is 0 Å². The molecule has 0 saturated heterocycles. The second kappa shape index (κ2) is 6.53. The molecule has 17 heavy (non-hydrogen) atoms. The molecule has 1 atom stereocenters. The van der Waals surface area contributed by atoms with Gasteiger partial charge < -0.3 is 5.53 Å². The highest BCUT2D eigenvalue weighted by atomic mass is 35.5. The van der Waals surface area contributed by atoms with Crippen LogP contribution in [-0.4, -0.2) is 16.5 Å². The molecule has 1 aliphatic rings. The van der Waals surface area contributed by atoms with Gasteiger partial charge in [0.2, 0.25) is 0 Å². The van der Waals surface area contributed by atoms with Crippen molar-refractivity contribution in [1.29, 1.82) is 0 Å². The largest absolute Gasteiger partial charge is 0.361 e. The topological polar surface area (TPSA) is 61.1 Å². The van der Waals surface area contributed by atoms with Crippen LogP contribution in [0.1, 0.15) is 0 Å². The predicted octanol–water partition coefficient (Wildman–Crippen LogP) is 3.36. The van der Waals surface area contributed by atoms with Crippen molar-refractivity contribution in [1.82, 2.24) is 0 Å². The van der Waals surface area contributed by atoms with Gasteiger partial charge in [-0.05, 0) is 18.2 Å². The molecule has 1 aromatic rings. The summed E-state index contributed by atoms with van der Waals surface area (Å²) in [7, 11) is 0. The van der Waals surface area contributed by atoms with Gasteiger partial charge in [0, 0.05) is 6.08 Å². The van der Waals surface area contributed by atoms with Crippen molar-refractivity contribution < 1.29 is 4.79 Å². The molecule has 0 radical (unpaired) electrons. The molecule has 0 amide bonds. The molecular weight excluding hydrogens is 236 g/mol. The molecule has 86 valence electrons. The zero-order valence-corrected chi connectivity index (χ0v) is 9.79. The molecule has 2 rings (SSSR count). The quantitative estimate of drug-likeness (QED) is 0.568. The lowest BCUT2D eigenvalue weighted by molar-refractivity contribution is -0.00672. The van der Waals surface area contributed by atoms with Gasteiger partial charge in [0.05, 0.1) is 5.69 Å². The fourth-order valence-electron chi connectivity index (χ4n) is 1.33. The molecule has 5 heteroatoms. The number of halogens is 1. The summed E-state index contributed by atoms with van der Waals surface area (Å²) in [5.74, 6) is 0. The first-order valence-corrected chi connectivity index (χ1v) is 4.93. The van der Waals surface area contributed by atoms with Crippen LogP contribution in [0, 0.1) is 0 Å². The number of allylic oxidation sites excluding steroid dienone is 2. The summed E-state index contributed by atoms with van der Waals surface area (Å²) in [5, 5.41) is 8.18. The monoisotopic (exact) mass is 246 g/mol. The van der Waals surface area contributed by atoms with Crippen LogP contribution in [-0.2, 0) is 0 Å². The molecule has 0 N–H and O–H groups in total. The predicted molar refractivity (Wildman–Crippen MR) is 68.9 cm³/mol. The van der Waals surface area contributed by atoms with E-state index in [0.717, 1.165) is 5.69 Å². The highest BCUT2D eigenvalue weighted by Gasteiger charge is 2.18. The van der Waals surface area contributed by atoms with E-state index in [1.54, 1.807) is 12.2 Å². The Morgan fingerprint density at radius 1 is 1.12 bits per heavy atom. The third kappa shape index (κ3) is 3.48. The maximum Gasteiger partial charge on any atom is 0.322 e. The lowest BCUT2D eigenvalue weighted by Crippen LogP contribution is -2.16. The van der Waals surface area contributed by atoms with E-state index >= 15 is 0 Å². The Hall–Kier alpha value is -2.03. The average molecular weight is 247 g/mol. The Balaban J connectivity index is 0.00000144. The summed E-state index contributed by atoms with van der Waals surface area (Å²) < 4.78 is 0. The molecule has 0 aliphatic heterocycles. The molecule has 0 heterocycles. The maximum absolute atomic E-state index is 8.76. The Morgan fingerprint density at radius 2 is 1.88 bits per heavy atom. The Kier molecular flexibility index (Phi) is 5.01. The summed E-state index contributed by atoms with van der Waals surface area (Å²) in [6, 6.07) is 9.12. The SMILES string of the molecule is Cl.[N-]=[N+]=C1C=CC=CC1N=Nc1ccccc1. The van der Waals surface area contributed by atoms with Crippen molar-refractivity contribution in [2.75, 3.05) is 0 Å². The van der Waals surface area contributed by atoms with Crippen molar-refractivity contribution in [3.8, 4) is 0 Å². The summed E-state index contributed by atoms with van der Waals surface area (Å²) in [6.45, 7) is 0. The van der Waals surface area contributed by atoms with Crippen LogP contribution in [0.2, 0.25) is 0 Å². The van der Waals surface area contributed by atoms with Gasteiger partial charge in [-0.25, -0.2) is 0 Å². The summed E-state index contributed by atoms with van der Waals surface area (Å²) in [6.07, 6.45) is 7.17. The first-order valence-electron chi connectivity index (χ1n) is 4.93. The molecule has 1 aromatic carbocycles. The highest BCUT2D eigenvalue weighted by molar-refractivity contribution is 5.97. The van der Waals surface area contributed by atoms with Crippen LogP contribution in [0.25, 0.3) is 5.53 Å². The van der Waals surface area contributed by atoms with E-state index in [9.17, 15) is 0 Å². The number of benzene rings is 1. The van der Waals surface area contributed by atoms with Crippen molar-refractivity contribution >= 4 is 23.8 Å². The molecular formula is C12H11ClN4. The van der Waals surface area contributed by atoms with Gasteiger partial charge in [-0.1, -0.05) is 30.4 Å². The molecule has 0 spiro atoms. The third-order valence-corrected chi connectivity index (χ3v) is 2.14. The molecule has 0 fully saturated rings. The van der Waals surface area contributed by atoms with Crippen molar-refractivity contribution in [3.05, 3.63) is 60.2 Å². The molecule has 4 nitrogen and oxygen atoms in total. The normalized spacial score (nSPS) is 17.9. The van der Waals surface area contributed by atoms with Crippen molar-refractivity contribution in [2.24, 2.45) is 10.2 Å². The van der Waals surface area contributed by atoms with Gasteiger partial charge in [-0.2, -0.15) is 15.0 Å². The number of nitrogens with zero attached hydrogens (tertiary/aromatic N) is 4. The molecule has 0 bridgehead atoms. The highest BCUT2D eigenvalue weighted by Crippen LogP contribution is 2.13. The van der Waals surface area contributed by atoms with Crippen LogP contribution >= 0.6 is 12.4 Å². The van der Waals surface area contributed by atoms with Crippen LogP contribution in [0.4, 0.5) is 5.69 Å². The van der Waals surface area contributed by atoms with Gasteiger partial charge >= 0.3 is 5.71 Å². The number of hydrogen-bond donors (Lipinski definition) is 0. The zero-order valence-electron chi connectivity index (χ0n) is 8.97. The lowest BCUT2D eigenvalue weighted by Gasteiger charge is -2.00. The van der Waals surface area contributed by atoms with Crippen LogP contribution < -0.4 is 0 Å². The lowest BCUT2D eigenvalue weighted by atomic mass is 10.1. The second-order valence-electron chi connectivity index (χ2n) is 3.26. The minimum Gasteiger partial charge on any atom is -0.361 e. The summed E-state index contributed by atoms with van der Waals surface area (Å²) in [5.41, 5.74) is 10.0. The summed E-state index contributed by atoms with van der Waals surface area (Å²) >= 11 is 0. The number of rotatable bonds is 2. The van der Waals surface area contributed by atoms with Gasteiger partial charge in [0.1, 0.15) is 0 Å². The van der Waals surface area contributed by atoms with E-state index in [-0.39, 0.29) is 18.4 Å². The third-order valence-electron chi connectivity index (χ3n) is 2.14. The fourth-order valence-corrected chi connectivity index (χ4v) is 1.33. The zero-order chi connectivity index (χ0) is 11.2. The van der Waals surface area contributed by atoms with E-state index in [0.29, 0.717) is 5.71 Å². The smallest absolute Gasteiger partial charge is 0.322 e. The van der Waals surface area contributed by atoms with Gasteiger partial charge in [0.25, 0.3) is 0 Å². The molecule has 1 unspecified atom stereocenters. The van der Waals surface area contributed by atoms with Crippen LogP contribution in [0.15, 0.2) is 64.9 Å². The maximum atomic E-state index is 8.76. The molecule has 0 aromatic heterocycles. The second-order valence-corrected chi connectivity index (χ2v) is 3.26. The number of hydrogen-bond acceptors (Lipinski definition) is 2. The minimum atomic E-state index is -0.310. The molecule has 1 aliphatic carbocycles. The number of azo groups is 1. The van der Waals surface area contributed by atoms with Gasteiger partial charge in [0.15, 0.2) is 6.04 Å². The van der Waals surface area contributed by atoms with E-state index in [4.69, 9.17) is 5.53 Å². The standard InChI is InChI=1S/C12H10N4.ClH/c13-14-11-8-4-5-9-12(11)16-15-10-6-2-1-3-7-10;/h1-9,12H;1H. The fraction of sp³-hybridized carbons (Fsp3) is 0.0833. The van der Waals surface area contributed by atoms with E-state index in [2.05, 4.69) is 15.0 Å². The van der Waals surface area contributed by atoms with Crippen LogP contribution in [0.3, 0.4) is 0 Å². The van der Waals surface area contributed by atoms with E-state index in [1.807, 2.05) is 42.5 Å². The van der Waals surface area contributed by atoms with Gasteiger partial charge in [-0.3, -0.25) is 0 Å². The summed E-state index contributed by atoms with van der Waals surface area (Å²) in [4.78, 5) is 3.17. The first kappa shape index (κ1) is 13.0. The molecule has 0 saturated carbocycles. The Bertz CT molecular complexity index is 498. The van der Waals surface area contributed by atoms with E-state index < -0.39 is 0 Å². The van der Waals surface area contributed by atoms with Gasteiger partial charge in [-0.15, -0.1) is 12.4 Å². The Labute approximate surface area is 105 Å². The van der Waals surface area contributed by atoms with Crippen molar-refractivity contribution in [2.45, 2.75) is 6.04 Å². The minimum absolute atomic E-state index is 0.